The van der Waals surface area contributed by atoms with Gasteiger partial charge in [-0.2, -0.15) is 0 Å². The second kappa shape index (κ2) is 8.99. The summed E-state index contributed by atoms with van der Waals surface area (Å²) in [4.78, 5) is 40.4. The number of thiophene rings is 1. The summed E-state index contributed by atoms with van der Waals surface area (Å²) in [5.41, 5.74) is 6.03. The van der Waals surface area contributed by atoms with Gasteiger partial charge in [0.05, 0.1) is 20.8 Å². The number of esters is 3. The Morgan fingerprint density at radius 1 is 1.15 bits per heavy atom. The van der Waals surface area contributed by atoms with Gasteiger partial charge >= 0.3 is 17.9 Å². The van der Waals surface area contributed by atoms with Crippen molar-refractivity contribution in [2.45, 2.75) is 13.5 Å². The number of pyridine rings is 1. The van der Waals surface area contributed by atoms with Crippen molar-refractivity contribution in [3.05, 3.63) is 39.9 Å². The summed E-state index contributed by atoms with van der Waals surface area (Å²) in [6, 6.07) is 3.05. The molecule has 2 N–H and O–H groups in total. The van der Waals surface area contributed by atoms with Gasteiger partial charge in [-0.05, 0) is 19.1 Å². The van der Waals surface area contributed by atoms with Gasteiger partial charge in [-0.15, -0.1) is 11.3 Å². The van der Waals surface area contributed by atoms with E-state index in [4.69, 9.17) is 24.7 Å². The van der Waals surface area contributed by atoms with E-state index in [1.807, 2.05) is 0 Å². The zero-order valence-corrected chi connectivity index (χ0v) is 15.8. The zero-order chi connectivity index (χ0) is 20.0. The Labute approximate surface area is 159 Å². The predicted molar refractivity (Wildman–Crippen MR) is 95.9 cm³/mol. The van der Waals surface area contributed by atoms with Crippen LogP contribution in [-0.4, -0.2) is 43.7 Å². The van der Waals surface area contributed by atoms with Gasteiger partial charge in [0.2, 0.25) is 5.88 Å². The number of hydrogen-bond donors (Lipinski definition) is 1. The molecular weight excluding hydrogens is 376 g/mol. The number of hydrogen-bond acceptors (Lipinski definition) is 10. The summed E-state index contributed by atoms with van der Waals surface area (Å²) in [6.07, 6.45) is 1.48. The van der Waals surface area contributed by atoms with E-state index < -0.39 is 17.9 Å². The highest BCUT2D eigenvalue weighted by molar-refractivity contribution is 7.18. The number of carbonyl (C=O) groups is 3. The van der Waals surface area contributed by atoms with Crippen LogP contribution in [-0.2, 0) is 20.8 Å². The quantitative estimate of drug-likeness (QED) is 0.554. The number of ether oxygens (including phenoxy) is 4. The fourth-order valence-electron chi connectivity index (χ4n) is 2.22. The van der Waals surface area contributed by atoms with Crippen molar-refractivity contribution in [2.75, 3.05) is 26.6 Å². The van der Waals surface area contributed by atoms with Crippen LogP contribution >= 0.6 is 11.3 Å². The van der Waals surface area contributed by atoms with Crippen molar-refractivity contribution in [3.8, 4) is 5.88 Å². The Morgan fingerprint density at radius 3 is 2.48 bits per heavy atom. The highest BCUT2D eigenvalue weighted by atomic mass is 32.1. The fraction of sp³-hybridized carbons (Fsp3) is 0.294. The molecule has 10 heteroatoms. The van der Waals surface area contributed by atoms with E-state index in [9.17, 15) is 14.4 Å². The largest absolute Gasteiger partial charge is 0.477 e. The van der Waals surface area contributed by atoms with E-state index in [1.165, 1.54) is 26.5 Å². The van der Waals surface area contributed by atoms with Crippen molar-refractivity contribution in [1.82, 2.24) is 4.98 Å². The van der Waals surface area contributed by atoms with Crippen molar-refractivity contribution in [2.24, 2.45) is 0 Å². The van der Waals surface area contributed by atoms with E-state index in [0.29, 0.717) is 6.61 Å². The van der Waals surface area contributed by atoms with Gasteiger partial charge in [0, 0.05) is 11.8 Å². The number of anilines is 1. The number of methoxy groups -OCH3 is 2. The number of aromatic nitrogens is 1. The Hall–Kier alpha value is -3.14. The third-order valence-corrected chi connectivity index (χ3v) is 4.46. The maximum Gasteiger partial charge on any atom is 0.348 e. The Morgan fingerprint density at radius 2 is 1.85 bits per heavy atom. The average Bonchev–Trinajstić information content (AvgIpc) is 3.01. The van der Waals surface area contributed by atoms with Crippen molar-refractivity contribution in [1.29, 1.82) is 0 Å². The molecule has 0 atom stereocenters. The summed E-state index contributed by atoms with van der Waals surface area (Å²) in [6.45, 7) is 1.68. The number of nitrogens with zero attached hydrogens (tertiary/aromatic N) is 1. The predicted octanol–water partition coefficient (Wildman–Crippen LogP) is 2.05. The summed E-state index contributed by atoms with van der Waals surface area (Å²) < 4.78 is 19.9. The summed E-state index contributed by atoms with van der Waals surface area (Å²) >= 11 is 0.850. The topological polar surface area (TPSA) is 127 Å². The second-order valence-corrected chi connectivity index (χ2v) is 6.05. The molecule has 0 fully saturated rings. The molecule has 27 heavy (non-hydrogen) atoms. The van der Waals surface area contributed by atoms with Gasteiger partial charge < -0.3 is 24.7 Å². The molecule has 2 aromatic heterocycles. The molecule has 0 aliphatic heterocycles. The van der Waals surface area contributed by atoms with Crippen LogP contribution in [0.1, 0.15) is 42.9 Å². The van der Waals surface area contributed by atoms with Gasteiger partial charge in [0.1, 0.15) is 27.6 Å². The molecular formula is C17H18N2O7S. The molecule has 0 aromatic carbocycles. The molecule has 0 saturated carbocycles. The Bertz CT molecular complexity index is 863. The minimum Gasteiger partial charge on any atom is -0.477 e. The van der Waals surface area contributed by atoms with Crippen molar-refractivity contribution >= 4 is 34.2 Å². The number of nitrogens with two attached hydrogens (primary N) is 1. The second-order valence-electron chi connectivity index (χ2n) is 5.00. The molecule has 0 saturated heterocycles. The van der Waals surface area contributed by atoms with E-state index in [-0.39, 0.29) is 39.1 Å². The van der Waals surface area contributed by atoms with E-state index in [1.54, 1.807) is 13.0 Å². The van der Waals surface area contributed by atoms with Crippen molar-refractivity contribution in [3.63, 3.8) is 0 Å². The number of rotatable bonds is 7. The standard InChI is InChI=1S/C17H18N2O7S/c1-4-25-14-9(6-5-7-19-14)15(20)26-8-10-11(16(21)23-2)13(18)27-12(10)17(22)24-3/h5-7H,4,8,18H2,1-3H3. The molecule has 0 radical (unpaired) electrons. The lowest BCUT2D eigenvalue weighted by molar-refractivity contribution is 0.0447. The molecule has 144 valence electrons. The van der Waals surface area contributed by atoms with E-state index >= 15 is 0 Å². The first-order chi connectivity index (χ1) is 12.9. The minimum atomic E-state index is -0.749. The lowest BCUT2D eigenvalue weighted by Crippen LogP contribution is -2.13. The lowest BCUT2D eigenvalue weighted by Gasteiger charge is -2.10. The maximum atomic E-state index is 12.4. The van der Waals surface area contributed by atoms with Crippen LogP contribution in [0.25, 0.3) is 0 Å². The lowest BCUT2D eigenvalue weighted by atomic mass is 10.1. The Kier molecular flexibility index (Phi) is 6.72. The normalized spacial score (nSPS) is 10.2. The van der Waals surface area contributed by atoms with Crippen LogP contribution < -0.4 is 10.5 Å². The molecule has 2 rings (SSSR count). The average molecular weight is 394 g/mol. The van der Waals surface area contributed by atoms with Crippen LogP contribution in [0, 0.1) is 0 Å². The van der Waals surface area contributed by atoms with Crippen LogP contribution in [0.15, 0.2) is 18.3 Å². The first-order valence-electron chi connectivity index (χ1n) is 7.77. The van der Waals surface area contributed by atoms with Crippen LogP contribution in [0.2, 0.25) is 0 Å². The first-order valence-corrected chi connectivity index (χ1v) is 8.58. The number of nitrogen functional groups attached to an aromatic ring is 1. The minimum absolute atomic E-state index is 0.0353. The van der Waals surface area contributed by atoms with Gasteiger partial charge in [-0.1, -0.05) is 0 Å². The summed E-state index contributed by atoms with van der Waals surface area (Å²) in [5.74, 6) is -2.07. The first kappa shape index (κ1) is 20.2. The van der Waals surface area contributed by atoms with E-state index in [2.05, 4.69) is 4.98 Å². The Balaban J connectivity index is 2.33. The van der Waals surface area contributed by atoms with Gasteiger partial charge in [-0.25, -0.2) is 19.4 Å². The van der Waals surface area contributed by atoms with Gasteiger partial charge in [-0.3, -0.25) is 0 Å². The molecule has 0 aliphatic rings. The summed E-state index contributed by atoms with van der Waals surface area (Å²) in [5, 5.41) is 0.0599. The van der Waals surface area contributed by atoms with E-state index in [0.717, 1.165) is 11.3 Å². The summed E-state index contributed by atoms with van der Waals surface area (Å²) in [7, 11) is 2.37. The smallest absolute Gasteiger partial charge is 0.348 e. The molecule has 0 aliphatic carbocycles. The SMILES string of the molecule is CCOc1ncccc1C(=O)OCc1c(C(=O)OC)sc(N)c1C(=O)OC. The van der Waals surface area contributed by atoms with Crippen molar-refractivity contribution < 1.29 is 33.3 Å². The zero-order valence-electron chi connectivity index (χ0n) is 14.9. The van der Waals surface area contributed by atoms with Crippen LogP contribution in [0.3, 0.4) is 0 Å². The maximum absolute atomic E-state index is 12.4. The molecule has 0 unspecified atom stereocenters. The monoisotopic (exact) mass is 394 g/mol. The van der Waals surface area contributed by atoms with Gasteiger partial charge in [0.25, 0.3) is 0 Å². The fourth-order valence-corrected chi connectivity index (χ4v) is 3.20. The third kappa shape index (κ3) is 4.34. The molecule has 9 nitrogen and oxygen atoms in total. The molecule has 2 aromatic rings. The third-order valence-electron chi connectivity index (χ3n) is 3.41. The highest BCUT2D eigenvalue weighted by Gasteiger charge is 2.28. The van der Waals surface area contributed by atoms with Crippen LogP contribution in [0.5, 0.6) is 5.88 Å². The molecule has 0 bridgehead atoms. The molecule has 0 amide bonds. The molecule has 2 heterocycles. The number of carbonyl (C=O) groups excluding carboxylic acids is 3. The molecule has 0 spiro atoms. The van der Waals surface area contributed by atoms with Crippen LogP contribution in [0.4, 0.5) is 5.00 Å². The van der Waals surface area contributed by atoms with Gasteiger partial charge in [0.15, 0.2) is 0 Å². The highest BCUT2D eigenvalue weighted by Crippen LogP contribution is 2.33.